The molecule has 91 heavy (non-hydrogen) atoms. The Balaban J connectivity index is 0.000000139. The first-order valence-corrected chi connectivity index (χ1v) is 33.5. The van der Waals surface area contributed by atoms with Crippen molar-refractivity contribution in [3.63, 3.8) is 0 Å². The molecule has 0 unspecified atom stereocenters. The maximum absolute atomic E-state index is 13.6. The second kappa shape index (κ2) is 38.7. The number of aromatic nitrogens is 2. The number of nitrogen functional groups attached to an aromatic ring is 1. The van der Waals surface area contributed by atoms with Crippen LogP contribution in [0.4, 0.5) is 38.5 Å². The largest absolute Gasteiger partial charge is 0.486 e. The van der Waals surface area contributed by atoms with E-state index in [1.54, 1.807) is 30.6 Å². The van der Waals surface area contributed by atoms with E-state index in [1.807, 2.05) is 78.6 Å². The molecule has 0 atom stereocenters. The van der Waals surface area contributed by atoms with Crippen molar-refractivity contribution in [2.75, 3.05) is 206 Å². The Morgan fingerprint density at radius 1 is 0.451 bits per heavy atom. The smallest absolute Gasteiger partial charge is 0.231 e. The number of hydrogen-bond acceptors (Lipinski definition) is 18. The minimum Gasteiger partial charge on any atom is -0.486 e. The van der Waals surface area contributed by atoms with E-state index in [2.05, 4.69) is 92.7 Å². The number of piperazine rings is 5. The monoisotopic (exact) mass is 1350 g/mol. The van der Waals surface area contributed by atoms with Gasteiger partial charge in [0.05, 0.1) is 33.3 Å². The molecule has 8 N–H and O–H groups in total. The van der Waals surface area contributed by atoms with E-state index in [0.717, 1.165) is 205 Å². The molecule has 14 rings (SSSR count). The molecule has 0 bridgehead atoms. The number of anilines is 6. The number of nitrogens with two attached hydrogens (primary N) is 1. The van der Waals surface area contributed by atoms with Gasteiger partial charge in [-0.3, -0.25) is 9.97 Å². The summed E-state index contributed by atoms with van der Waals surface area (Å²) < 4.78 is 35.8. The van der Waals surface area contributed by atoms with Crippen molar-refractivity contribution in [2.45, 2.75) is 13.8 Å². The summed E-state index contributed by atoms with van der Waals surface area (Å²) in [5.74, 6) is 4.58. The first kappa shape index (κ1) is 70.7. The van der Waals surface area contributed by atoms with Gasteiger partial charge >= 0.3 is 0 Å². The molecule has 0 spiro atoms. The summed E-state index contributed by atoms with van der Waals surface area (Å²) in [5.41, 5.74) is 15.8. The fourth-order valence-electron chi connectivity index (χ4n) is 10.8. The summed E-state index contributed by atoms with van der Waals surface area (Å²) in [6.45, 7) is 27.4. The summed E-state index contributed by atoms with van der Waals surface area (Å²) in [6.07, 6.45) is 3.50. The predicted octanol–water partition coefficient (Wildman–Crippen LogP) is 9.96. The standard InChI is InChI=1S/C12H14N4.C12H16N2O2.C11H15ClN2.C11H14N2O2.C10H12ClFN2.C7H8ClN.C4H9Cl2N/c1-2-10-12(15-5-4-14-10)11(3-1)16-8-6-13-7-9-16;1-2-10(14-6-4-13-5-7-14)12-11(3-1)15-8-9-16-12;1-9-10(12)3-2-4-11(9)14-7-5-13-6-8-14;1-2-9(13-6-4-12-5-7-13)11-10(3-1)14-8-15-11;11-8-2-1-3-9(10(8)12)14-6-4-13-5-7-14;1-5-6(8)3-2-4-7(5)9;5-1-3-7-4-2-6/h1-5,13H,6-9H2;1-3,13H,4-9H2;2-4,13H,5-8H2,1H3;1-3,12H,4-8H2;1-3,13H,4-7H2;2-4H,9H2,1H3;7H,1-4H2. The molecule has 7 aliphatic heterocycles. The van der Waals surface area contributed by atoms with Gasteiger partial charge in [0.1, 0.15) is 18.7 Å². The first-order valence-electron chi connectivity index (χ1n) is 31.3. The fraction of sp³-hybridized carbons (Fsp3) is 0.433. The fourth-order valence-corrected chi connectivity index (χ4v) is 11.6. The Morgan fingerprint density at radius 2 is 0.846 bits per heavy atom. The first-order chi connectivity index (χ1) is 44.6. The van der Waals surface area contributed by atoms with Crippen molar-refractivity contribution in [3.8, 4) is 23.0 Å². The summed E-state index contributed by atoms with van der Waals surface area (Å²) in [4.78, 5) is 20.2. The third-order valence-electron chi connectivity index (χ3n) is 15.7. The highest BCUT2D eigenvalue weighted by Gasteiger charge is 2.24. The van der Waals surface area contributed by atoms with Crippen LogP contribution in [-0.2, 0) is 0 Å². The van der Waals surface area contributed by atoms with Crippen LogP contribution in [0.15, 0.2) is 122 Å². The van der Waals surface area contributed by atoms with Crippen molar-refractivity contribution in [1.82, 2.24) is 41.9 Å². The van der Waals surface area contributed by atoms with E-state index < -0.39 is 0 Å². The maximum atomic E-state index is 13.6. The molecule has 7 aromatic rings. The Bertz CT molecular complexity index is 3190. The lowest BCUT2D eigenvalue weighted by atomic mass is 10.1. The van der Waals surface area contributed by atoms with Crippen LogP contribution in [0.1, 0.15) is 11.1 Å². The molecule has 492 valence electrons. The highest BCUT2D eigenvalue weighted by molar-refractivity contribution is 6.32. The Kier molecular flexibility index (Phi) is 30.1. The molecule has 5 fully saturated rings. The van der Waals surface area contributed by atoms with Gasteiger partial charge in [-0.25, -0.2) is 4.39 Å². The molecule has 18 nitrogen and oxygen atoms in total. The lowest BCUT2D eigenvalue weighted by molar-refractivity contribution is 0.172. The molecule has 7 aliphatic rings. The Labute approximate surface area is 561 Å². The number of alkyl halides is 2. The predicted molar refractivity (Wildman–Crippen MR) is 377 cm³/mol. The molecule has 0 radical (unpaired) electrons. The molecule has 6 aromatic carbocycles. The molecule has 8 heterocycles. The molecular formula is C67H88Cl5FN14O4. The van der Waals surface area contributed by atoms with Gasteiger partial charge in [0.15, 0.2) is 28.8 Å². The third-order valence-corrected chi connectivity index (χ3v) is 17.2. The van der Waals surface area contributed by atoms with Crippen LogP contribution in [0.2, 0.25) is 15.1 Å². The number of benzene rings is 6. The maximum Gasteiger partial charge on any atom is 0.231 e. The number of rotatable bonds is 9. The van der Waals surface area contributed by atoms with Gasteiger partial charge < -0.3 is 81.1 Å². The quantitative estimate of drug-likeness (QED) is 0.0412. The minimum atomic E-state index is -0.309. The van der Waals surface area contributed by atoms with Gasteiger partial charge in [-0.15, -0.1) is 23.2 Å². The van der Waals surface area contributed by atoms with Crippen LogP contribution in [0.5, 0.6) is 23.0 Å². The summed E-state index contributed by atoms with van der Waals surface area (Å²) >= 11 is 28.2. The Morgan fingerprint density at radius 3 is 1.37 bits per heavy atom. The SMILES string of the molecule is Cc1c(Cl)cccc1N1CCNCC1.Cc1c(N)cccc1Cl.ClCCNCCCl.Fc1c(Cl)cccc1N1CCNCC1.c1cc(N2CCNCC2)c2nccnc2c1.c1cc2c(c(N3CCNCC3)c1)OCCO2.c1cc2c(c(N3CCNCC3)c1)OCO2. The van der Waals surface area contributed by atoms with Crippen molar-refractivity contribution in [3.05, 3.63) is 154 Å². The lowest BCUT2D eigenvalue weighted by Crippen LogP contribution is -2.43. The summed E-state index contributed by atoms with van der Waals surface area (Å²) in [5, 5.41) is 21.4. The number of fused-ring (bicyclic) bond motifs is 3. The van der Waals surface area contributed by atoms with Crippen LogP contribution in [0.3, 0.4) is 0 Å². The zero-order valence-corrected chi connectivity index (χ0v) is 56.0. The van der Waals surface area contributed by atoms with Crippen LogP contribution in [-0.4, -0.2) is 186 Å². The van der Waals surface area contributed by atoms with Crippen molar-refractivity contribution in [1.29, 1.82) is 0 Å². The van der Waals surface area contributed by atoms with Crippen LogP contribution < -0.4 is 81.1 Å². The number of nitrogens with zero attached hydrogens (tertiary/aromatic N) is 7. The van der Waals surface area contributed by atoms with E-state index in [4.69, 9.17) is 82.7 Å². The average molecular weight is 1350 g/mol. The van der Waals surface area contributed by atoms with Crippen molar-refractivity contribution in [2.24, 2.45) is 0 Å². The average Bonchev–Trinajstić information content (AvgIpc) is 3.64. The summed E-state index contributed by atoms with van der Waals surface area (Å²) in [7, 11) is 0. The van der Waals surface area contributed by atoms with Gasteiger partial charge in [0.25, 0.3) is 0 Å². The number of para-hydroxylation sites is 3. The van der Waals surface area contributed by atoms with Gasteiger partial charge in [-0.05, 0) is 97.8 Å². The second-order valence-corrected chi connectivity index (χ2v) is 23.7. The van der Waals surface area contributed by atoms with Crippen molar-refractivity contribution < 1.29 is 23.3 Å². The third kappa shape index (κ3) is 21.4. The van der Waals surface area contributed by atoms with Crippen molar-refractivity contribution >= 4 is 103 Å². The summed E-state index contributed by atoms with van der Waals surface area (Å²) in [6, 6.07) is 35.1. The Hall–Kier alpha value is -6.20. The zero-order chi connectivity index (χ0) is 64.0. The highest BCUT2D eigenvalue weighted by Crippen LogP contribution is 2.42. The number of ether oxygens (including phenoxy) is 4. The molecular weight excluding hydrogens is 1260 g/mol. The topological polar surface area (TPSA) is 177 Å². The van der Waals surface area contributed by atoms with Gasteiger partial charge in [0, 0.05) is 190 Å². The normalized spacial score (nSPS) is 16.5. The highest BCUT2D eigenvalue weighted by atomic mass is 35.5. The molecule has 0 amide bonds. The van der Waals surface area contributed by atoms with E-state index >= 15 is 0 Å². The van der Waals surface area contributed by atoms with Gasteiger partial charge in [0.2, 0.25) is 6.79 Å². The molecule has 5 saturated heterocycles. The van der Waals surface area contributed by atoms with Crippen LogP contribution in [0, 0.1) is 19.7 Å². The molecule has 0 aliphatic carbocycles. The molecule has 0 saturated carbocycles. The minimum absolute atomic E-state index is 0.195. The van der Waals surface area contributed by atoms with E-state index in [9.17, 15) is 4.39 Å². The molecule has 24 heteroatoms. The second-order valence-electron chi connectivity index (χ2n) is 21.7. The van der Waals surface area contributed by atoms with E-state index in [0.29, 0.717) is 37.5 Å². The number of hydrogen-bond donors (Lipinski definition) is 7. The number of nitrogens with one attached hydrogen (secondary N) is 6. The van der Waals surface area contributed by atoms with E-state index in [-0.39, 0.29) is 10.8 Å². The van der Waals surface area contributed by atoms with Gasteiger partial charge in [-0.1, -0.05) is 71.2 Å². The van der Waals surface area contributed by atoms with Crippen LogP contribution >= 0.6 is 58.0 Å². The van der Waals surface area contributed by atoms with Crippen LogP contribution in [0.25, 0.3) is 11.0 Å². The lowest BCUT2D eigenvalue weighted by Gasteiger charge is -2.32. The van der Waals surface area contributed by atoms with Gasteiger partial charge in [-0.2, -0.15) is 0 Å². The zero-order valence-electron chi connectivity index (χ0n) is 52.2. The molecule has 1 aromatic heterocycles. The number of halogens is 6. The van der Waals surface area contributed by atoms with E-state index in [1.165, 1.54) is 22.6 Å².